The van der Waals surface area contributed by atoms with Crippen LogP contribution in [0.25, 0.3) is 0 Å². The molecule has 1 fully saturated rings. The van der Waals surface area contributed by atoms with Gasteiger partial charge in [-0.2, -0.15) is 0 Å². The van der Waals surface area contributed by atoms with Crippen LogP contribution in [0.3, 0.4) is 0 Å². The van der Waals surface area contributed by atoms with E-state index in [1.165, 1.54) is 43.2 Å². The van der Waals surface area contributed by atoms with E-state index in [0.29, 0.717) is 17.7 Å². The van der Waals surface area contributed by atoms with Crippen LogP contribution in [0.5, 0.6) is 5.75 Å². The minimum absolute atomic E-state index is 0.0279. The highest BCUT2D eigenvalue weighted by atomic mass is 32.2. The number of ether oxygens (including phenoxy) is 1. The summed E-state index contributed by atoms with van der Waals surface area (Å²) >= 11 is 0. The second-order valence-electron chi connectivity index (χ2n) is 11.7. The van der Waals surface area contributed by atoms with Crippen molar-refractivity contribution in [2.24, 2.45) is 0 Å². The molecule has 1 N–H and O–H groups in total. The van der Waals surface area contributed by atoms with E-state index >= 15 is 0 Å². The summed E-state index contributed by atoms with van der Waals surface area (Å²) in [6, 6.07) is 16.6. The average Bonchev–Trinajstić information content (AvgIpc) is 3.04. The first kappa shape index (κ1) is 34.4. The fourth-order valence-corrected chi connectivity index (χ4v) is 7.14. The fourth-order valence-electron chi connectivity index (χ4n) is 5.70. The molecule has 1 aliphatic carbocycles. The number of aryl methyl sites for hydroxylation is 2. The van der Waals surface area contributed by atoms with E-state index in [-0.39, 0.29) is 34.8 Å². The number of carbonyl (C=O) groups excluding carboxylic acids is 2. The molecule has 0 bridgehead atoms. The Morgan fingerprint density at radius 3 is 2.24 bits per heavy atom. The van der Waals surface area contributed by atoms with Gasteiger partial charge in [0.25, 0.3) is 15.7 Å². The maximum atomic E-state index is 14.3. The highest BCUT2D eigenvalue weighted by Gasteiger charge is 2.35. The molecular formula is C34H42N4O7S. The number of carbonyl (C=O) groups is 2. The zero-order valence-electron chi connectivity index (χ0n) is 26.8. The highest BCUT2D eigenvalue weighted by Crippen LogP contribution is 2.30. The predicted molar refractivity (Wildman–Crippen MR) is 176 cm³/mol. The number of nitro benzene ring substituents is 1. The monoisotopic (exact) mass is 650 g/mol. The fraction of sp³-hybridized carbons (Fsp3) is 0.412. The Labute approximate surface area is 270 Å². The number of hydrogen-bond acceptors (Lipinski definition) is 7. The van der Waals surface area contributed by atoms with Gasteiger partial charge in [0.05, 0.1) is 22.6 Å². The Balaban J connectivity index is 1.75. The molecule has 2 amide bonds. The minimum Gasteiger partial charge on any atom is -0.497 e. The largest absolute Gasteiger partial charge is 0.497 e. The quantitative estimate of drug-likeness (QED) is 0.186. The van der Waals surface area contributed by atoms with Gasteiger partial charge in [-0.3, -0.25) is 24.0 Å². The molecule has 11 nitrogen and oxygen atoms in total. The molecule has 0 aromatic heterocycles. The lowest BCUT2D eigenvalue weighted by Crippen LogP contribution is -2.54. The lowest BCUT2D eigenvalue weighted by molar-refractivity contribution is -0.385. The molecule has 3 aromatic carbocycles. The summed E-state index contributed by atoms with van der Waals surface area (Å²) in [4.78, 5) is 40.2. The summed E-state index contributed by atoms with van der Waals surface area (Å²) in [5.74, 6) is -0.389. The van der Waals surface area contributed by atoms with Gasteiger partial charge in [0.1, 0.15) is 18.3 Å². The maximum absolute atomic E-state index is 14.3. The van der Waals surface area contributed by atoms with Crippen LogP contribution in [0, 0.1) is 24.0 Å². The molecular weight excluding hydrogens is 608 g/mol. The van der Waals surface area contributed by atoms with Crippen LogP contribution in [0.2, 0.25) is 0 Å². The van der Waals surface area contributed by atoms with Crippen molar-refractivity contribution in [1.29, 1.82) is 0 Å². The predicted octanol–water partition coefficient (Wildman–Crippen LogP) is 5.67. The number of sulfonamides is 1. The smallest absolute Gasteiger partial charge is 0.273 e. The molecule has 0 aliphatic heterocycles. The number of amides is 2. The summed E-state index contributed by atoms with van der Waals surface area (Å²) in [7, 11) is -3.01. The van der Waals surface area contributed by atoms with Crippen molar-refractivity contribution in [3.05, 3.63) is 93.5 Å². The van der Waals surface area contributed by atoms with Crippen LogP contribution < -0.4 is 14.4 Å². The van der Waals surface area contributed by atoms with Gasteiger partial charge in [-0.15, -0.1) is 0 Å². The second-order valence-corrected chi connectivity index (χ2v) is 13.6. The molecule has 1 atom stereocenters. The van der Waals surface area contributed by atoms with E-state index < -0.39 is 33.4 Å². The number of rotatable bonds is 13. The van der Waals surface area contributed by atoms with E-state index in [1.807, 2.05) is 38.1 Å². The van der Waals surface area contributed by atoms with Crippen LogP contribution in [-0.2, 0) is 26.2 Å². The number of nitro groups is 1. The molecule has 0 spiro atoms. The van der Waals surface area contributed by atoms with Crippen LogP contribution in [-0.4, -0.2) is 55.8 Å². The standard InChI is InChI=1S/C34H42N4O7S/c1-5-31(34(40)35-27-9-7-6-8-10-27)36(22-26-14-11-24(2)12-15-26)33(39)23-37(28-16-18-29(45-4)19-17-28)46(43,44)30-20-13-25(3)32(21-30)38(41)42/h11-21,27,31H,5-10,22-23H2,1-4H3,(H,35,40)/t31-/m0/s1. The van der Waals surface area contributed by atoms with Crippen molar-refractivity contribution in [1.82, 2.24) is 10.2 Å². The lowest BCUT2D eigenvalue weighted by atomic mass is 9.95. The Hall–Kier alpha value is -4.45. The number of nitrogens with one attached hydrogen (secondary N) is 1. The van der Waals surface area contributed by atoms with Gasteiger partial charge in [0.2, 0.25) is 11.8 Å². The van der Waals surface area contributed by atoms with Gasteiger partial charge < -0.3 is 15.0 Å². The first-order valence-corrected chi connectivity index (χ1v) is 17.0. The van der Waals surface area contributed by atoms with Gasteiger partial charge in [-0.25, -0.2) is 8.42 Å². The molecule has 3 aromatic rings. The molecule has 0 heterocycles. The average molecular weight is 651 g/mol. The Morgan fingerprint density at radius 2 is 1.65 bits per heavy atom. The van der Waals surface area contributed by atoms with Crippen molar-refractivity contribution in [3.8, 4) is 5.75 Å². The van der Waals surface area contributed by atoms with Crippen molar-refractivity contribution in [2.45, 2.75) is 82.8 Å². The summed E-state index contributed by atoms with van der Waals surface area (Å²) in [6.07, 6.45) is 5.25. The third kappa shape index (κ3) is 8.22. The SMILES string of the molecule is CC[C@@H](C(=O)NC1CCCCC1)N(Cc1ccc(C)cc1)C(=O)CN(c1ccc(OC)cc1)S(=O)(=O)c1ccc(C)c([N+](=O)[O-])c1. The molecule has 1 aliphatic rings. The van der Waals surface area contributed by atoms with E-state index in [0.717, 1.165) is 53.6 Å². The van der Waals surface area contributed by atoms with Crippen LogP contribution in [0.15, 0.2) is 71.6 Å². The molecule has 0 unspecified atom stereocenters. The zero-order chi connectivity index (χ0) is 33.4. The Kier molecular flexibility index (Phi) is 11.4. The minimum atomic E-state index is -4.49. The van der Waals surface area contributed by atoms with Crippen LogP contribution in [0.1, 0.15) is 62.1 Å². The van der Waals surface area contributed by atoms with Gasteiger partial charge >= 0.3 is 0 Å². The van der Waals surface area contributed by atoms with E-state index in [4.69, 9.17) is 4.74 Å². The Morgan fingerprint density at radius 1 is 1.00 bits per heavy atom. The Bertz CT molecular complexity index is 1640. The van der Waals surface area contributed by atoms with Gasteiger partial charge in [-0.1, -0.05) is 62.1 Å². The van der Waals surface area contributed by atoms with Gasteiger partial charge in [0, 0.05) is 24.2 Å². The molecule has 4 rings (SSSR count). The van der Waals surface area contributed by atoms with E-state index in [2.05, 4.69) is 5.32 Å². The molecule has 0 saturated heterocycles. The molecule has 12 heteroatoms. The number of nitrogens with zero attached hydrogens (tertiary/aromatic N) is 3. The van der Waals surface area contributed by atoms with Crippen LogP contribution in [0.4, 0.5) is 11.4 Å². The van der Waals surface area contributed by atoms with Crippen molar-refractivity contribution in [3.63, 3.8) is 0 Å². The third-order valence-corrected chi connectivity index (χ3v) is 10.2. The topological polar surface area (TPSA) is 139 Å². The first-order chi connectivity index (χ1) is 21.9. The van der Waals surface area contributed by atoms with Crippen molar-refractivity contribution >= 4 is 33.2 Å². The summed E-state index contributed by atoms with van der Waals surface area (Å²) in [5.41, 5.74) is 1.93. The number of hydrogen-bond donors (Lipinski definition) is 1. The molecule has 46 heavy (non-hydrogen) atoms. The summed E-state index contributed by atoms with van der Waals surface area (Å²) < 4.78 is 34.5. The number of anilines is 1. The van der Waals surface area contributed by atoms with Crippen molar-refractivity contribution < 1.29 is 27.7 Å². The zero-order valence-corrected chi connectivity index (χ0v) is 27.6. The first-order valence-electron chi connectivity index (χ1n) is 15.5. The maximum Gasteiger partial charge on any atom is 0.273 e. The molecule has 1 saturated carbocycles. The number of methoxy groups -OCH3 is 1. The summed E-state index contributed by atoms with van der Waals surface area (Å²) in [6.45, 7) is 4.74. The lowest BCUT2D eigenvalue weighted by Gasteiger charge is -2.34. The van der Waals surface area contributed by atoms with Gasteiger partial charge in [0.15, 0.2) is 0 Å². The van der Waals surface area contributed by atoms with E-state index in [1.54, 1.807) is 12.1 Å². The normalized spacial score (nSPS) is 14.3. The van der Waals surface area contributed by atoms with Crippen molar-refractivity contribution in [2.75, 3.05) is 18.0 Å². The highest BCUT2D eigenvalue weighted by molar-refractivity contribution is 7.92. The third-order valence-electron chi connectivity index (χ3n) is 8.42. The number of benzene rings is 3. The molecule has 246 valence electrons. The van der Waals surface area contributed by atoms with Gasteiger partial charge in [-0.05, 0) is 69.0 Å². The van der Waals surface area contributed by atoms with E-state index in [9.17, 15) is 28.1 Å². The summed E-state index contributed by atoms with van der Waals surface area (Å²) in [5, 5.41) is 14.8. The molecule has 0 radical (unpaired) electrons. The van der Waals surface area contributed by atoms with Crippen LogP contribution >= 0.6 is 0 Å². The second kappa shape index (κ2) is 15.2.